The van der Waals surface area contributed by atoms with Gasteiger partial charge in [-0.25, -0.2) is 4.79 Å². The first-order valence-electron chi connectivity index (χ1n) is 7.58. The normalized spacial score (nSPS) is 15.0. The Balaban J connectivity index is 1.77. The topological polar surface area (TPSA) is 67.4 Å². The van der Waals surface area contributed by atoms with Crippen LogP contribution in [0.15, 0.2) is 42.9 Å². The molecule has 0 atom stereocenters. The monoisotopic (exact) mass is 308 g/mol. The largest absolute Gasteiger partial charge is 0.378 e. The zero-order valence-corrected chi connectivity index (χ0v) is 12.5. The number of nitrogens with one attached hydrogen (secondary N) is 1. The van der Waals surface area contributed by atoms with E-state index in [-0.39, 0.29) is 6.03 Å². The summed E-state index contributed by atoms with van der Waals surface area (Å²) >= 11 is 0. The summed E-state index contributed by atoms with van der Waals surface area (Å²) in [6.07, 6.45) is 5.30. The Labute approximate surface area is 133 Å². The van der Waals surface area contributed by atoms with E-state index < -0.39 is 0 Å². The number of urea groups is 1. The van der Waals surface area contributed by atoms with Crippen molar-refractivity contribution in [2.24, 2.45) is 0 Å². The molecule has 1 N–H and O–H groups in total. The van der Waals surface area contributed by atoms with Crippen molar-refractivity contribution in [2.75, 3.05) is 31.6 Å². The van der Waals surface area contributed by atoms with Gasteiger partial charge >= 0.3 is 6.03 Å². The number of benzene rings is 1. The number of anilines is 1. The molecule has 3 aromatic rings. The predicted molar refractivity (Wildman–Crippen MR) is 88.5 cm³/mol. The lowest BCUT2D eigenvalue weighted by Gasteiger charge is -2.27. The Morgan fingerprint density at radius 2 is 2.04 bits per heavy atom. The molecule has 1 saturated heterocycles. The fourth-order valence-corrected chi connectivity index (χ4v) is 2.86. The minimum Gasteiger partial charge on any atom is -0.378 e. The Bertz CT molecular complexity index is 875. The molecule has 6 nitrogen and oxygen atoms in total. The van der Waals surface area contributed by atoms with Gasteiger partial charge in [0.15, 0.2) is 0 Å². The van der Waals surface area contributed by atoms with Crippen LogP contribution in [-0.4, -0.2) is 47.2 Å². The maximum absolute atomic E-state index is 12.5. The van der Waals surface area contributed by atoms with Crippen LogP contribution in [-0.2, 0) is 4.74 Å². The van der Waals surface area contributed by atoms with Crippen LogP contribution in [0, 0.1) is 0 Å². The highest BCUT2D eigenvalue weighted by molar-refractivity contribution is 6.13. The fourth-order valence-electron chi connectivity index (χ4n) is 2.86. The first kappa shape index (κ1) is 13.9. The molecule has 23 heavy (non-hydrogen) atoms. The van der Waals surface area contributed by atoms with Gasteiger partial charge in [-0.15, -0.1) is 0 Å². The van der Waals surface area contributed by atoms with E-state index in [2.05, 4.69) is 15.3 Å². The maximum atomic E-state index is 12.5. The van der Waals surface area contributed by atoms with Gasteiger partial charge in [0.1, 0.15) is 0 Å². The fraction of sp³-hybridized carbons (Fsp3) is 0.235. The molecule has 4 rings (SSSR count). The third kappa shape index (κ3) is 2.57. The number of hydrogen-bond acceptors (Lipinski definition) is 4. The summed E-state index contributed by atoms with van der Waals surface area (Å²) in [5, 5.41) is 5.91. The van der Waals surface area contributed by atoms with Gasteiger partial charge in [-0.3, -0.25) is 9.97 Å². The second-order valence-corrected chi connectivity index (χ2v) is 5.45. The number of pyridine rings is 2. The second kappa shape index (κ2) is 5.81. The molecular weight excluding hydrogens is 292 g/mol. The van der Waals surface area contributed by atoms with Gasteiger partial charge in [0.05, 0.1) is 24.4 Å². The number of fused-ring (bicyclic) bond motifs is 3. The summed E-state index contributed by atoms with van der Waals surface area (Å²) in [5.41, 5.74) is 1.61. The van der Waals surface area contributed by atoms with E-state index in [1.807, 2.05) is 24.3 Å². The van der Waals surface area contributed by atoms with E-state index in [0.29, 0.717) is 26.3 Å². The summed E-state index contributed by atoms with van der Waals surface area (Å²) in [4.78, 5) is 22.9. The molecule has 1 aromatic carbocycles. The van der Waals surface area contributed by atoms with E-state index in [0.717, 1.165) is 27.4 Å². The molecule has 0 aliphatic carbocycles. The third-order valence-electron chi connectivity index (χ3n) is 4.05. The van der Waals surface area contributed by atoms with Gasteiger partial charge in [-0.1, -0.05) is 0 Å². The lowest BCUT2D eigenvalue weighted by Crippen LogP contribution is -2.43. The Hall–Kier alpha value is -2.73. The average Bonchev–Trinajstić information content (AvgIpc) is 2.62. The maximum Gasteiger partial charge on any atom is 0.322 e. The first-order valence-corrected chi connectivity index (χ1v) is 7.58. The Kier molecular flexibility index (Phi) is 3.51. The number of ether oxygens (including phenoxy) is 1. The highest BCUT2D eigenvalue weighted by atomic mass is 16.5. The summed E-state index contributed by atoms with van der Waals surface area (Å²) in [6.45, 7) is 2.39. The summed E-state index contributed by atoms with van der Waals surface area (Å²) < 4.78 is 5.29. The standard InChI is InChI=1S/C17H16N4O2/c22-17(21-6-8-23-9-7-21)20-15-10-12-3-5-18-11-14(12)16-13(15)2-1-4-19-16/h1-5,10-11H,6-9H2,(H,20,22). The average molecular weight is 308 g/mol. The molecule has 1 fully saturated rings. The lowest BCUT2D eigenvalue weighted by atomic mass is 10.1. The number of hydrogen-bond donors (Lipinski definition) is 1. The van der Waals surface area contributed by atoms with Gasteiger partial charge in [0, 0.05) is 42.5 Å². The van der Waals surface area contributed by atoms with Crippen molar-refractivity contribution in [3.8, 4) is 0 Å². The van der Waals surface area contributed by atoms with Crippen LogP contribution in [0.3, 0.4) is 0 Å². The van der Waals surface area contributed by atoms with E-state index in [4.69, 9.17) is 4.74 Å². The van der Waals surface area contributed by atoms with Crippen LogP contribution in [0.5, 0.6) is 0 Å². The molecule has 2 aromatic heterocycles. The van der Waals surface area contributed by atoms with Crippen LogP contribution in [0.1, 0.15) is 0 Å². The zero-order valence-electron chi connectivity index (χ0n) is 12.5. The molecule has 3 heterocycles. The van der Waals surface area contributed by atoms with Crippen LogP contribution >= 0.6 is 0 Å². The Morgan fingerprint density at radius 1 is 1.17 bits per heavy atom. The van der Waals surface area contributed by atoms with E-state index in [1.165, 1.54) is 0 Å². The molecule has 0 saturated carbocycles. The minimum atomic E-state index is -0.105. The van der Waals surface area contributed by atoms with Gasteiger partial charge < -0.3 is 15.0 Å². The summed E-state index contributed by atoms with van der Waals surface area (Å²) in [6, 6.07) is 7.62. The number of morpholine rings is 1. The third-order valence-corrected chi connectivity index (χ3v) is 4.05. The van der Waals surface area contributed by atoms with Crippen molar-refractivity contribution in [2.45, 2.75) is 0 Å². The predicted octanol–water partition coefficient (Wildman–Crippen LogP) is 2.65. The van der Waals surface area contributed by atoms with Crippen molar-refractivity contribution in [1.29, 1.82) is 0 Å². The summed E-state index contributed by atoms with van der Waals surface area (Å²) in [5.74, 6) is 0. The van der Waals surface area contributed by atoms with Crippen molar-refractivity contribution < 1.29 is 9.53 Å². The molecule has 1 aliphatic heterocycles. The lowest BCUT2D eigenvalue weighted by molar-refractivity contribution is 0.0565. The number of rotatable bonds is 1. The van der Waals surface area contributed by atoms with Crippen molar-refractivity contribution in [3.63, 3.8) is 0 Å². The number of carbonyl (C=O) groups is 1. The number of carbonyl (C=O) groups excluding carboxylic acids is 1. The zero-order chi connectivity index (χ0) is 15.6. The molecular formula is C17H16N4O2. The second-order valence-electron chi connectivity index (χ2n) is 5.45. The van der Waals surface area contributed by atoms with Crippen molar-refractivity contribution in [3.05, 3.63) is 42.9 Å². The molecule has 0 unspecified atom stereocenters. The van der Waals surface area contributed by atoms with Crippen LogP contribution in [0.25, 0.3) is 21.7 Å². The van der Waals surface area contributed by atoms with E-state index >= 15 is 0 Å². The molecule has 2 amide bonds. The molecule has 6 heteroatoms. The van der Waals surface area contributed by atoms with Crippen molar-refractivity contribution in [1.82, 2.24) is 14.9 Å². The van der Waals surface area contributed by atoms with E-state index in [1.54, 1.807) is 23.5 Å². The van der Waals surface area contributed by atoms with Gasteiger partial charge in [-0.05, 0) is 29.7 Å². The van der Waals surface area contributed by atoms with Crippen LogP contribution < -0.4 is 5.32 Å². The van der Waals surface area contributed by atoms with Gasteiger partial charge in [-0.2, -0.15) is 0 Å². The number of nitrogens with zero attached hydrogens (tertiary/aromatic N) is 3. The quantitative estimate of drug-likeness (QED) is 0.702. The van der Waals surface area contributed by atoms with Crippen LogP contribution in [0.2, 0.25) is 0 Å². The number of amides is 2. The van der Waals surface area contributed by atoms with Crippen molar-refractivity contribution >= 4 is 33.4 Å². The van der Waals surface area contributed by atoms with Crippen LogP contribution in [0.4, 0.5) is 10.5 Å². The Morgan fingerprint density at radius 3 is 2.91 bits per heavy atom. The summed E-state index contributed by atoms with van der Waals surface area (Å²) in [7, 11) is 0. The minimum absolute atomic E-state index is 0.105. The van der Waals surface area contributed by atoms with E-state index in [9.17, 15) is 4.79 Å². The highest BCUT2D eigenvalue weighted by Crippen LogP contribution is 2.30. The molecule has 0 spiro atoms. The number of aromatic nitrogens is 2. The molecule has 116 valence electrons. The SMILES string of the molecule is O=C(Nc1cc2ccncc2c2ncccc12)N1CCOCC1. The van der Waals surface area contributed by atoms with Gasteiger partial charge in [0.2, 0.25) is 0 Å². The molecule has 0 bridgehead atoms. The van der Waals surface area contributed by atoms with Gasteiger partial charge in [0.25, 0.3) is 0 Å². The molecule has 1 aliphatic rings. The molecule has 0 radical (unpaired) electrons. The first-order chi connectivity index (χ1) is 11.3. The highest BCUT2D eigenvalue weighted by Gasteiger charge is 2.18. The smallest absolute Gasteiger partial charge is 0.322 e.